The summed E-state index contributed by atoms with van der Waals surface area (Å²) in [7, 11) is 2.14. The summed E-state index contributed by atoms with van der Waals surface area (Å²) in [6.07, 6.45) is 8.07. The largest absolute Gasteiger partial charge is 0.317 e. The number of hydrogen-bond acceptors (Lipinski definition) is 1. The molecule has 2 unspecified atom stereocenters. The van der Waals surface area contributed by atoms with Gasteiger partial charge in [0.05, 0.1) is 0 Å². The van der Waals surface area contributed by atoms with E-state index < -0.39 is 0 Å². The summed E-state index contributed by atoms with van der Waals surface area (Å²) >= 11 is 0. The van der Waals surface area contributed by atoms with Gasteiger partial charge in [-0.2, -0.15) is 0 Å². The molecule has 1 N–H and O–H groups in total. The van der Waals surface area contributed by atoms with Crippen molar-refractivity contribution in [2.45, 2.75) is 58.4 Å². The van der Waals surface area contributed by atoms with Gasteiger partial charge in [-0.3, -0.25) is 0 Å². The lowest BCUT2D eigenvalue weighted by Gasteiger charge is -2.43. The van der Waals surface area contributed by atoms with Crippen molar-refractivity contribution < 1.29 is 0 Å². The molecule has 2 rings (SSSR count). The van der Waals surface area contributed by atoms with E-state index in [1.807, 2.05) is 0 Å². The van der Waals surface area contributed by atoms with Crippen LogP contribution in [-0.2, 0) is 6.42 Å². The summed E-state index contributed by atoms with van der Waals surface area (Å²) < 4.78 is 0. The Hall–Kier alpha value is -0.820. The Bertz CT molecular complexity index is 369. The summed E-state index contributed by atoms with van der Waals surface area (Å²) in [5.41, 5.74) is 1.97. The third kappa shape index (κ3) is 3.82. The van der Waals surface area contributed by atoms with Crippen LogP contribution in [0.4, 0.5) is 0 Å². The standard InChI is InChI=1S/C18H29N/c1-18(2)14-8-7-11-16(18)17(19-3)13-12-15-9-5-4-6-10-15/h4-6,9-10,16-17,19H,7-8,11-14H2,1-3H3. The Labute approximate surface area is 118 Å². The summed E-state index contributed by atoms with van der Waals surface area (Å²) in [4.78, 5) is 0. The zero-order valence-corrected chi connectivity index (χ0v) is 12.8. The second-order valence-corrected chi connectivity index (χ2v) is 6.76. The first-order valence-electron chi connectivity index (χ1n) is 7.84. The third-order valence-electron chi connectivity index (χ3n) is 5.03. The second kappa shape index (κ2) is 6.56. The molecule has 0 radical (unpaired) electrons. The van der Waals surface area contributed by atoms with E-state index in [0.717, 1.165) is 5.92 Å². The fourth-order valence-corrected chi connectivity index (χ4v) is 3.78. The van der Waals surface area contributed by atoms with E-state index in [4.69, 9.17) is 0 Å². The van der Waals surface area contributed by atoms with Crippen LogP contribution in [0.3, 0.4) is 0 Å². The molecule has 1 aliphatic carbocycles. The van der Waals surface area contributed by atoms with Crippen molar-refractivity contribution in [3.63, 3.8) is 0 Å². The minimum absolute atomic E-state index is 0.503. The van der Waals surface area contributed by atoms with Crippen molar-refractivity contribution in [2.75, 3.05) is 7.05 Å². The molecule has 19 heavy (non-hydrogen) atoms. The highest BCUT2D eigenvalue weighted by Crippen LogP contribution is 2.43. The summed E-state index contributed by atoms with van der Waals surface area (Å²) in [6, 6.07) is 11.6. The minimum Gasteiger partial charge on any atom is -0.317 e. The van der Waals surface area contributed by atoms with Crippen LogP contribution in [-0.4, -0.2) is 13.1 Å². The van der Waals surface area contributed by atoms with E-state index >= 15 is 0 Å². The number of hydrogen-bond donors (Lipinski definition) is 1. The smallest absolute Gasteiger partial charge is 0.0101 e. The summed E-state index contributed by atoms with van der Waals surface area (Å²) in [5, 5.41) is 3.60. The first-order valence-corrected chi connectivity index (χ1v) is 7.84. The van der Waals surface area contributed by atoms with Gasteiger partial charge in [0.25, 0.3) is 0 Å². The molecular weight excluding hydrogens is 230 g/mol. The van der Waals surface area contributed by atoms with E-state index in [1.54, 1.807) is 0 Å². The Morgan fingerprint density at radius 3 is 2.58 bits per heavy atom. The van der Waals surface area contributed by atoms with Gasteiger partial charge in [-0.1, -0.05) is 57.0 Å². The van der Waals surface area contributed by atoms with Crippen molar-refractivity contribution in [1.82, 2.24) is 5.32 Å². The lowest BCUT2D eigenvalue weighted by Crippen LogP contribution is -2.43. The van der Waals surface area contributed by atoms with Crippen LogP contribution in [0.1, 0.15) is 51.5 Å². The number of benzene rings is 1. The van der Waals surface area contributed by atoms with Crippen LogP contribution in [0.15, 0.2) is 30.3 Å². The van der Waals surface area contributed by atoms with Gasteiger partial charge in [-0.25, -0.2) is 0 Å². The molecule has 1 heteroatoms. The minimum atomic E-state index is 0.503. The van der Waals surface area contributed by atoms with Gasteiger partial charge >= 0.3 is 0 Å². The first-order chi connectivity index (χ1) is 9.13. The molecule has 0 spiro atoms. The Morgan fingerprint density at radius 2 is 1.95 bits per heavy atom. The molecule has 0 aliphatic heterocycles. The van der Waals surface area contributed by atoms with E-state index in [2.05, 4.69) is 56.5 Å². The predicted octanol–water partition coefficient (Wildman–Crippen LogP) is 4.42. The maximum Gasteiger partial charge on any atom is 0.0101 e. The van der Waals surface area contributed by atoms with Crippen molar-refractivity contribution in [1.29, 1.82) is 0 Å². The lowest BCUT2D eigenvalue weighted by atomic mass is 9.65. The number of nitrogens with one attached hydrogen (secondary N) is 1. The Balaban J connectivity index is 1.96. The summed E-state index contributed by atoms with van der Waals surface area (Å²) in [6.45, 7) is 4.92. The topological polar surface area (TPSA) is 12.0 Å². The van der Waals surface area contributed by atoms with Crippen molar-refractivity contribution in [3.05, 3.63) is 35.9 Å². The molecule has 0 amide bonds. The molecule has 0 saturated heterocycles. The monoisotopic (exact) mass is 259 g/mol. The van der Waals surface area contributed by atoms with E-state index in [1.165, 1.54) is 44.1 Å². The molecule has 1 aliphatic rings. The molecule has 106 valence electrons. The van der Waals surface area contributed by atoms with E-state index in [-0.39, 0.29) is 0 Å². The summed E-state index contributed by atoms with van der Waals surface area (Å²) in [5.74, 6) is 0.829. The van der Waals surface area contributed by atoms with Gasteiger partial charge < -0.3 is 5.32 Å². The van der Waals surface area contributed by atoms with Crippen LogP contribution in [0.5, 0.6) is 0 Å². The Kier molecular flexibility index (Phi) is 5.04. The lowest BCUT2D eigenvalue weighted by molar-refractivity contribution is 0.0979. The molecule has 0 aromatic heterocycles. The highest BCUT2D eigenvalue weighted by Gasteiger charge is 2.36. The quantitative estimate of drug-likeness (QED) is 0.825. The maximum absolute atomic E-state index is 3.60. The highest BCUT2D eigenvalue weighted by molar-refractivity contribution is 5.15. The zero-order chi connectivity index (χ0) is 13.7. The van der Waals surface area contributed by atoms with Crippen LogP contribution < -0.4 is 5.32 Å². The molecule has 0 heterocycles. The van der Waals surface area contributed by atoms with Gasteiger partial charge in [-0.15, -0.1) is 0 Å². The highest BCUT2D eigenvalue weighted by atomic mass is 14.9. The first kappa shape index (κ1) is 14.6. The number of rotatable bonds is 5. The van der Waals surface area contributed by atoms with Crippen molar-refractivity contribution >= 4 is 0 Å². The fourth-order valence-electron chi connectivity index (χ4n) is 3.78. The van der Waals surface area contributed by atoms with Crippen molar-refractivity contribution in [3.8, 4) is 0 Å². The van der Waals surface area contributed by atoms with Gasteiger partial charge in [0.1, 0.15) is 0 Å². The van der Waals surface area contributed by atoms with Crippen LogP contribution >= 0.6 is 0 Å². The molecule has 0 bridgehead atoms. The molecule has 1 nitrogen and oxygen atoms in total. The van der Waals surface area contributed by atoms with Gasteiger partial charge in [0.15, 0.2) is 0 Å². The van der Waals surface area contributed by atoms with Gasteiger partial charge in [0, 0.05) is 6.04 Å². The molecular formula is C18H29N. The zero-order valence-electron chi connectivity index (χ0n) is 12.8. The molecule has 1 aromatic carbocycles. The average Bonchev–Trinajstić information content (AvgIpc) is 2.42. The van der Waals surface area contributed by atoms with E-state index in [9.17, 15) is 0 Å². The SMILES string of the molecule is CNC(CCc1ccccc1)C1CCCCC1(C)C. The van der Waals surface area contributed by atoms with Gasteiger partial charge in [0.2, 0.25) is 0 Å². The maximum atomic E-state index is 3.60. The van der Waals surface area contributed by atoms with Crippen LogP contribution in [0, 0.1) is 11.3 Å². The second-order valence-electron chi connectivity index (χ2n) is 6.76. The number of aryl methyl sites for hydroxylation is 1. The Morgan fingerprint density at radius 1 is 1.21 bits per heavy atom. The molecule has 1 fully saturated rings. The van der Waals surface area contributed by atoms with Gasteiger partial charge in [-0.05, 0) is 49.6 Å². The normalized spacial score (nSPS) is 24.1. The van der Waals surface area contributed by atoms with E-state index in [0.29, 0.717) is 11.5 Å². The van der Waals surface area contributed by atoms with Crippen LogP contribution in [0.25, 0.3) is 0 Å². The molecule has 1 saturated carbocycles. The fraction of sp³-hybridized carbons (Fsp3) is 0.667. The third-order valence-corrected chi connectivity index (χ3v) is 5.03. The van der Waals surface area contributed by atoms with Crippen molar-refractivity contribution in [2.24, 2.45) is 11.3 Å². The van der Waals surface area contributed by atoms with Crippen LogP contribution in [0.2, 0.25) is 0 Å². The average molecular weight is 259 g/mol. The molecule has 2 atom stereocenters. The predicted molar refractivity (Wildman–Crippen MR) is 83.3 cm³/mol. The molecule has 1 aromatic rings.